The van der Waals surface area contributed by atoms with Crippen molar-refractivity contribution in [2.45, 2.75) is 16.6 Å². The molecule has 2 rings (SSSR count). The predicted molar refractivity (Wildman–Crippen MR) is 67.4 cm³/mol. The van der Waals surface area contributed by atoms with E-state index in [9.17, 15) is 14.9 Å². The highest BCUT2D eigenvalue weighted by Crippen LogP contribution is 2.30. The van der Waals surface area contributed by atoms with Gasteiger partial charge < -0.3 is 5.11 Å². The van der Waals surface area contributed by atoms with E-state index in [4.69, 9.17) is 10.4 Å². The van der Waals surface area contributed by atoms with Crippen LogP contribution >= 0.6 is 11.8 Å². The van der Waals surface area contributed by atoms with Gasteiger partial charge in [-0.2, -0.15) is 5.26 Å². The first-order valence-corrected chi connectivity index (χ1v) is 6.17. The van der Waals surface area contributed by atoms with Crippen molar-refractivity contribution >= 4 is 23.4 Å². The first-order chi connectivity index (χ1) is 10.0. The van der Waals surface area contributed by atoms with Crippen molar-refractivity contribution < 1.29 is 14.8 Å². The van der Waals surface area contributed by atoms with E-state index in [1.807, 2.05) is 0 Å². The van der Waals surface area contributed by atoms with Crippen LogP contribution in [0.3, 0.4) is 0 Å². The van der Waals surface area contributed by atoms with Crippen LogP contribution in [0.1, 0.15) is 5.56 Å². The zero-order valence-corrected chi connectivity index (χ0v) is 11.0. The molecule has 0 spiro atoms. The number of hydrogen-bond acceptors (Lipinski definition) is 8. The van der Waals surface area contributed by atoms with Crippen LogP contribution in [0.25, 0.3) is 0 Å². The van der Waals surface area contributed by atoms with Gasteiger partial charge in [0.2, 0.25) is 5.16 Å². The van der Waals surface area contributed by atoms with Gasteiger partial charge in [-0.3, -0.25) is 14.9 Å². The molecular weight excluding hydrogens is 300 g/mol. The summed E-state index contributed by atoms with van der Waals surface area (Å²) >= 11 is 0.963. The maximum absolute atomic E-state index is 10.9. The third kappa shape index (κ3) is 3.31. The molecule has 11 heteroatoms. The maximum atomic E-state index is 10.9. The number of benzene rings is 1. The molecule has 0 saturated heterocycles. The largest absolute Gasteiger partial charge is 0.480 e. The standard InChI is InChI=1S/C10H6N6O4S/c11-4-6-1-2-7(3-8(6)16(19)20)21-10-12-13-14-15(10)5-9(17)18/h1-3H,5H2,(H,17,18). The number of nitrogens with zero attached hydrogens (tertiary/aromatic N) is 6. The molecule has 10 nitrogen and oxygen atoms in total. The first kappa shape index (κ1) is 14.4. The molecule has 0 amide bonds. The van der Waals surface area contributed by atoms with Crippen molar-refractivity contribution in [1.82, 2.24) is 20.2 Å². The van der Waals surface area contributed by atoms with Gasteiger partial charge in [-0.05, 0) is 34.3 Å². The fraction of sp³-hybridized carbons (Fsp3) is 0.100. The van der Waals surface area contributed by atoms with Gasteiger partial charge in [-0.25, -0.2) is 4.68 Å². The fourth-order valence-corrected chi connectivity index (χ4v) is 2.22. The Bertz CT molecular complexity index is 752. The third-order valence-electron chi connectivity index (χ3n) is 2.28. The van der Waals surface area contributed by atoms with Crippen molar-refractivity contribution in [3.8, 4) is 6.07 Å². The zero-order valence-electron chi connectivity index (χ0n) is 10.2. The maximum Gasteiger partial charge on any atom is 0.325 e. The molecular formula is C10H6N6O4S. The van der Waals surface area contributed by atoms with Crippen LogP contribution in [-0.2, 0) is 11.3 Å². The van der Waals surface area contributed by atoms with Crippen LogP contribution in [0.15, 0.2) is 28.3 Å². The summed E-state index contributed by atoms with van der Waals surface area (Å²) in [6.07, 6.45) is 0. The number of nitriles is 1. The first-order valence-electron chi connectivity index (χ1n) is 5.35. The normalized spacial score (nSPS) is 10.0. The Hall–Kier alpha value is -3.00. The SMILES string of the molecule is N#Cc1ccc(Sc2nnnn2CC(=O)O)cc1[N+](=O)[O-]. The van der Waals surface area contributed by atoms with Gasteiger partial charge in [0.05, 0.1) is 4.92 Å². The van der Waals surface area contributed by atoms with Gasteiger partial charge >= 0.3 is 5.97 Å². The smallest absolute Gasteiger partial charge is 0.325 e. The number of aromatic nitrogens is 4. The van der Waals surface area contributed by atoms with Crippen LogP contribution in [0.5, 0.6) is 0 Å². The molecule has 1 N–H and O–H groups in total. The van der Waals surface area contributed by atoms with E-state index in [1.54, 1.807) is 6.07 Å². The summed E-state index contributed by atoms with van der Waals surface area (Å²) in [4.78, 5) is 21.3. The lowest BCUT2D eigenvalue weighted by atomic mass is 10.2. The zero-order chi connectivity index (χ0) is 15.4. The van der Waals surface area contributed by atoms with Crippen LogP contribution in [0, 0.1) is 21.4 Å². The minimum atomic E-state index is -1.12. The van der Waals surface area contributed by atoms with Gasteiger partial charge in [0, 0.05) is 11.0 Å². The highest BCUT2D eigenvalue weighted by Gasteiger charge is 2.17. The van der Waals surface area contributed by atoms with E-state index >= 15 is 0 Å². The van der Waals surface area contributed by atoms with Crippen LogP contribution < -0.4 is 0 Å². The average molecular weight is 306 g/mol. The summed E-state index contributed by atoms with van der Waals surface area (Å²) in [6, 6.07) is 5.74. The Morgan fingerprint density at radius 2 is 2.33 bits per heavy atom. The topological polar surface area (TPSA) is 148 Å². The summed E-state index contributed by atoms with van der Waals surface area (Å²) in [6.45, 7) is -0.423. The molecule has 0 atom stereocenters. The highest BCUT2D eigenvalue weighted by molar-refractivity contribution is 7.99. The fourth-order valence-electron chi connectivity index (χ4n) is 1.42. The summed E-state index contributed by atoms with van der Waals surface area (Å²) in [5.74, 6) is -1.12. The van der Waals surface area contributed by atoms with E-state index in [-0.39, 0.29) is 16.4 Å². The number of aliphatic carboxylic acids is 1. The molecule has 0 radical (unpaired) electrons. The third-order valence-corrected chi connectivity index (χ3v) is 3.24. The molecule has 21 heavy (non-hydrogen) atoms. The second-order valence-electron chi connectivity index (χ2n) is 3.66. The molecule has 0 fully saturated rings. The molecule has 0 aliphatic heterocycles. The molecule has 0 aliphatic carbocycles. The summed E-state index contributed by atoms with van der Waals surface area (Å²) in [7, 11) is 0. The van der Waals surface area contributed by atoms with Crippen molar-refractivity contribution in [2.24, 2.45) is 0 Å². The number of tetrazole rings is 1. The van der Waals surface area contributed by atoms with Crippen molar-refractivity contribution in [1.29, 1.82) is 5.26 Å². The number of nitro groups is 1. The second kappa shape index (κ2) is 5.97. The lowest BCUT2D eigenvalue weighted by Gasteiger charge is -2.02. The average Bonchev–Trinajstić information content (AvgIpc) is 2.85. The quantitative estimate of drug-likeness (QED) is 0.621. The van der Waals surface area contributed by atoms with Crippen LogP contribution in [-0.4, -0.2) is 36.2 Å². The van der Waals surface area contributed by atoms with E-state index in [0.717, 1.165) is 16.4 Å². The Morgan fingerprint density at radius 3 is 2.95 bits per heavy atom. The Balaban J connectivity index is 2.31. The molecule has 0 unspecified atom stereocenters. The van der Waals surface area contributed by atoms with E-state index in [2.05, 4.69) is 15.5 Å². The molecule has 1 heterocycles. The summed E-state index contributed by atoms with van der Waals surface area (Å²) < 4.78 is 1.05. The number of carbonyl (C=O) groups is 1. The summed E-state index contributed by atoms with van der Waals surface area (Å²) in [5.41, 5.74) is -0.394. The lowest BCUT2D eigenvalue weighted by molar-refractivity contribution is -0.385. The Morgan fingerprint density at radius 1 is 1.57 bits per heavy atom. The highest BCUT2D eigenvalue weighted by atomic mass is 32.2. The van der Waals surface area contributed by atoms with E-state index in [1.165, 1.54) is 18.2 Å². The molecule has 0 aliphatic rings. The molecule has 106 valence electrons. The minimum absolute atomic E-state index is 0.0607. The number of nitro benzene ring substituents is 1. The summed E-state index contributed by atoms with van der Waals surface area (Å²) in [5, 5.41) is 39.1. The number of carboxylic acids is 1. The predicted octanol–water partition coefficient (Wildman–Crippen LogP) is 0.689. The van der Waals surface area contributed by atoms with E-state index < -0.39 is 17.4 Å². The van der Waals surface area contributed by atoms with Gasteiger partial charge in [0.15, 0.2) is 0 Å². The van der Waals surface area contributed by atoms with E-state index in [0.29, 0.717) is 4.90 Å². The van der Waals surface area contributed by atoms with Crippen molar-refractivity contribution in [3.63, 3.8) is 0 Å². The van der Waals surface area contributed by atoms with Crippen molar-refractivity contribution in [2.75, 3.05) is 0 Å². The van der Waals surface area contributed by atoms with Gasteiger partial charge in [-0.15, -0.1) is 5.10 Å². The molecule has 0 bridgehead atoms. The van der Waals surface area contributed by atoms with Gasteiger partial charge in [0.1, 0.15) is 18.2 Å². The lowest BCUT2D eigenvalue weighted by Crippen LogP contribution is -2.11. The number of hydrogen-bond donors (Lipinski definition) is 1. The second-order valence-corrected chi connectivity index (χ2v) is 4.70. The molecule has 1 aromatic carbocycles. The minimum Gasteiger partial charge on any atom is -0.480 e. The Labute approximate surface area is 121 Å². The van der Waals surface area contributed by atoms with Gasteiger partial charge in [0.25, 0.3) is 5.69 Å². The number of carboxylic acid groups (broad SMARTS) is 1. The molecule has 2 aromatic rings. The molecule has 1 aromatic heterocycles. The van der Waals surface area contributed by atoms with Crippen molar-refractivity contribution in [3.05, 3.63) is 33.9 Å². The molecule has 0 saturated carbocycles. The van der Waals surface area contributed by atoms with Crippen LogP contribution in [0.2, 0.25) is 0 Å². The van der Waals surface area contributed by atoms with Crippen LogP contribution in [0.4, 0.5) is 5.69 Å². The number of rotatable bonds is 5. The Kier molecular flexibility index (Phi) is 4.10. The monoisotopic (exact) mass is 306 g/mol. The van der Waals surface area contributed by atoms with Gasteiger partial charge in [-0.1, -0.05) is 0 Å².